The summed E-state index contributed by atoms with van der Waals surface area (Å²) in [5.74, 6) is 1.12. The van der Waals surface area contributed by atoms with Crippen LogP contribution >= 0.6 is 0 Å². The molecule has 3 nitrogen and oxygen atoms in total. The van der Waals surface area contributed by atoms with Crippen molar-refractivity contribution in [1.29, 1.82) is 0 Å². The zero-order valence-corrected chi connectivity index (χ0v) is 13.5. The van der Waals surface area contributed by atoms with Gasteiger partial charge >= 0.3 is 0 Å². The Kier molecular flexibility index (Phi) is 5.59. The van der Waals surface area contributed by atoms with Crippen LogP contribution < -0.4 is 9.64 Å². The molecular weight excluding hydrogens is 274 g/mol. The Morgan fingerprint density at radius 1 is 1.05 bits per heavy atom. The Morgan fingerprint density at radius 3 is 2.32 bits per heavy atom. The van der Waals surface area contributed by atoms with Gasteiger partial charge in [-0.2, -0.15) is 0 Å². The van der Waals surface area contributed by atoms with Crippen LogP contribution in [0.4, 0.5) is 5.69 Å². The van der Waals surface area contributed by atoms with Gasteiger partial charge in [0.1, 0.15) is 5.75 Å². The number of para-hydroxylation sites is 2. The number of hydrogen-bond acceptors (Lipinski definition) is 2. The van der Waals surface area contributed by atoms with Gasteiger partial charge in [0.05, 0.1) is 0 Å². The monoisotopic (exact) mass is 297 g/mol. The topological polar surface area (TPSA) is 29.5 Å². The number of carbonyl (C=O) groups excluding carboxylic acids is 1. The molecule has 0 aromatic heterocycles. The Hall–Kier alpha value is -2.29. The van der Waals surface area contributed by atoms with Gasteiger partial charge in [0.2, 0.25) is 0 Å². The summed E-state index contributed by atoms with van der Waals surface area (Å²) in [5.41, 5.74) is 2.02. The summed E-state index contributed by atoms with van der Waals surface area (Å²) >= 11 is 0. The predicted octanol–water partition coefficient (Wildman–Crippen LogP) is 4.24. The van der Waals surface area contributed by atoms with Gasteiger partial charge in [-0.15, -0.1) is 0 Å². The van der Waals surface area contributed by atoms with Crippen molar-refractivity contribution in [2.75, 3.05) is 18.1 Å². The number of hydrogen-bond donors (Lipinski definition) is 0. The van der Waals surface area contributed by atoms with E-state index in [1.807, 2.05) is 61.5 Å². The summed E-state index contributed by atoms with van der Waals surface area (Å²) in [4.78, 5) is 14.2. The molecular formula is C19H23NO2. The van der Waals surface area contributed by atoms with Crippen LogP contribution in [0.3, 0.4) is 0 Å². The minimum Gasteiger partial charge on any atom is -0.483 e. The standard InChI is InChI=1S/C19H23NO2/c1-4-20(16-10-6-5-7-11-16)19(21)14-22-18-13-9-8-12-17(18)15(2)3/h5-13,15H,4,14H2,1-3H3. The number of likely N-dealkylation sites (N-methyl/N-ethyl adjacent to an activating group) is 1. The van der Waals surface area contributed by atoms with Crippen LogP contribution in [-0.4, -0.2) is 19.1 Å². The van der Waals surface area contributed by atoms with Crippen molar-refractivity contribution >= 4 is 11.6 Å². The maximum atomic E-state index is 12.4. The molecule has 1 amide bonds. The lowest BCUT2D eigenvalue weighted by molar-refractivity contribution is -0.120. The molecule has 0 aliphatic heterocycles. The molecule has 0 heterocycles. The fourth-order valence-electron chi connectivity index (χ4n) is 2.42. The molecule has 3 heteroatoms. The molecule has 0 atom stereocenters. The molecule has 0 saturated carbocycles. The van der Waals surface area contributed by atoms with Crippen LogP contribution in [0.2, 0.25) is 0 Å². The van der Waals surface area contributed by atoms with E-state index in [0.29, 0.717) is 12.5 Å². The molecule has 0 unspecified atom stereocenters. The average Bonchev–Trinajstić information content (AvgIpc) is 2.55. The first-order chi connectivity index (χ1) is 10.6. The van der Waals surface area contributed by atoms with Crippen LogP contribution in [0, 0.1) is 0 Å². The van der Waals surface area contributed by atoms with Crippen molar-refractivity contribution in [3.8, 4) is 5.75 Å². The third-order valence-electron chi connectivity index (χ3n) is 3.58. The number of anilines is 1. The van der Waals surface area contributed by atoms with Crippen molar-refractivity contribution in [2.24, 2.45) is 0 Å². The first kappa shape index (κ1) is 16.1. The van der Waals surface area contributed by atoms with Gasteiger partial charge < -0.3 is 9.64 Å². The fraction of sp³-hybridized carbons (Fsp3) is 0.316. The van der Waals surface area contributed by atoms with E-state index in [9.17, 15) is 4.79 Å². The van der Waals surface area contributed by atoms with Gasteiger partial charge in [-0.25, -0.2) is 0 Å². The smallest absolute Gasteiger partial charge is 0.264 e. The highest BCUT2D eigenvalue weighted by atomic mass is 16.5. The first-order valence-electron chi connectivity index (χ1n) is 7.70. The van der Waals surface area contributed by atoms with Crippen LogP contribution in [0.15, 0.2) is 54.6 Å². The second kappa shape index (κ2) is 7.64. The Morgan fingerprint density at radius 2 is 1.68 bits per heavy atom. The minimum atomic E-state index is -0.0349. The molecule has 0 spiro atoms. The van der Waals surface area contributed by atoms with E-state index >= 15 is 0 Å². The van der Waals surface area contributed by atoms with E-state index in [0.717, 1.165) is 17.0 Å². The molecule has 0 aliphatic rings. The number of carbonyl (C=O) groups is 1. The molecule has 2 aromatic carbocycles. The molecule has 0 N–H and O–H groups in total. The van der Waals surface area contributed by atoms with Crippen LogP contribution in [0.25, 0.3) is 0 Å². The summed E-state index contributed by atoms with van der Waals surface area (Å²) in [6.45, 7) is 6.87. The van der Waals surface area contributed by atoms with Crippen molar-refractivity contribution in [2.45, 2.75) is 26.7 Å². The fourth-order valence-corrected chi connectivity index (χ4v) is 2.42. The molecule has 0 radical (unpaired) electrons. The van der Waals surface area contributed by atoms with Gasteiger partial charge in [0, 0.05) is 12.2 Å². The van der Waals surface area contributed by atoms with E-state index in [2.05, 4.69) is 13.8 Å². The summed E-state index contributed by atoms with van der Waals surface area (Å²) in [6.07, 6.45) is 0. The number of amides is 1. The van der Waals surface area contributed by atoms with E-state index < -0.39 is 0 Å². The van der Waals surface area contributed by atoms with E-state index in [4.69, 9.17) is 4.74 Å². The third kappa shape index (κ3) is 3.88. The zero-order chi connectivity index (χ0) is 15.9. The maximum Gasteiger partial charge on any atom is 0.264 e. The van der Waals surface area contributed by atoms with E-state index in [-0.39, 0.29) is 12.5 Å². The van der Waals surface area contributed by atoms with Crippen molar-refractivity contribution < 1.29 is 9.53 Å². The lowest BCUT2D eigenvalue weighted by Crippen LogP contribution is -2.34. The quantitative estimate of drug-likeness (QED) is 0.798. The second-order valence-corrected chi connectivity index (χ2v) is 5.45. The lowest BCUT2D eigenvalue weighted by atomic mass is 10.0. The first-order valence-corrected chi connectivity index (χ1v) is 7.70. The van der Waals surface area contributed by atoms with Gasteiger partial charge in [-0.1, -0.05) is 50.2 Å². The molecule has 2 rings (SSSR count). The van der Waals surface area contributed by atoms with Crippen LogP contribution in [0.1, 0.15) is 32.3 Å². The molecule has 0 aliphatic carbocycles. The maximum absolute atomic E-state index is 12.4. The highest BCUT2D eigenvalue weighted by Gasteiger charge is 2.15. The Bertz CT molecular complexity index is 608. The summed E-state index contributed by atoms with van der Waals surface area (Å²) in [6, 6.07) is 17.6. The minimum absolute atomic E-state index is 0.0349. The second-order valence-electron chi connectivity index (χ2n) is 5.45. The highest BCUT2D eigenvalue weighted by molar-refractivity contribution is 5.94. The number of ether oxygens (including phenoxy) is 1. The number of rotatable bonds is 6. The largest absolute Gasteiger partial charge is 0.483 e. The molecule has 2 aromatic rings. The SMILES string of the molecule is CCN(C(=O)COc1ccccc1C(C)C)c1ccccc1. The molecule has 22 heavy (non-hydrogen) atoms. The van der Waals surface area contributed by atoms with Gasteiger partial charge in [0.15, 0.2) is 6.61 Å². The average molecular weight is 297 g/mol. The number of nitrogens with zero attached hydrogens (tertiary/aromatic N) is 1. The zero-order valence-electron chi connectivity index (χ0n) is 13.5. The summed E-state index contributed by atoms with van der Waals surface area (Å²) < 4.78 is 5.77. The van der Waals surface area contributed by atoms with Crippen molar-refractivity contribution in [1.82, 2.24) is 0 Å². The summed E-state index contributed by atoms with van der Waals surface area (Å²) in [7, 11) is 0. The Balaban J connectivity index is 2.06. The lowest BCUT2D eigenvalue weighted by Gasteiger charge is -2.22. The summed E-state index contributed by atoms with van der Waals surface area (Å²) in [5, 5.41) is 0. The molecule has 0 saturated heterocycles. The number of benzene rings is 2. The van der Waals surface area contributed by atoms with Gasteiger partial charge in [-0.3, -0.25) is 4.79 Å². The van der Waals surface area contributed by atoms with Crippen molar-refractivity contribution in [3.63, 3.8) is 0 Å². The van der Waals surface area contributed by atoms with Gasteiger partial charge in [-0.05, 0) is 36.6 Å². The third-order valence-corrected chi connectivity index (χ3v) is 3.58. The van der Waals surface area contributed by atoms with Gasteiger partial charge in [0.25, 0.3) is 5.91 Å². The van der Waals surface area contributed by atoms with Crippen molar-refractivity contribution in [3.05, 3.63) is 60.2 Å². The van der Waals surface area contributed by atoms with Crippen LogP contribution in [-0.2, 0) is 4.79 Å². The van der Waals surface area contributed by atoms with Crippen LogP contribution in [0.5, 0.6) is 5.75 Å². The van der Waals surface area contributed by atoms with E-state index in [1.54, 1.807) is 4.90 Å². The molecule has 0 fully saturated rings. The highest BCUT2D eigenvalue weighted by Crippen LogP contribution is 2.26. The Labute approximate surface area is 132 Å². The predicted molar refractivity (Wildman–Crippen MR) is 90.5 cm³/mol. The molecule has 0 bridgehead atoms. The molecule has 116 valence electrons. The van der Waals surface area contributed by atoms with E-state index in [1.165, 1.54) is 0 Å². The normalized spacial score (nSPS) is 10.5.